The van der Waals surface area contributed by atoms with E-state index in [0.29, 0.717) is 17.7 Å². The number of rotatable bonds is 7. The maximum Gasteiger partial charge on any atom is 0.147 e. The van der Waals surface area contributed by atoms with Crippen molar-refractivity contribution in [2.45, 2.75) is 39.2 Å². The fourth-order valence-corrected chi connectivity index (χ4v) is 2.67. The van der Waals surface area contributed by atoms with E-state index in [2.05, 4.69) is 19.2 Å². The van der Waals surface area contributed by atoms with Crippen LogP contribution in [0.25, 0.3) is 0 Å². The molecule has 1 aliphatic carbocycles. The molecule has 90 valence electrons. The van der Waals surface area contributed by atoms with Crippen LogP contribution in [-0.4, -0.2) is 33.0 Å². The summed E-state index contributed by atoms with van der Waals surface area (Å²) in [5, 5.41) is 3.49. The van der Waals surface area contributed by atoms with Crippen molar-refractivity contribution >= 4 is 9.84 Å². The van der Waals surface area contributed by atoms with Crippen LogP contribution in [0.2, 0.25) is 0 Å². The summed E-state index contributed by atoms with van der Waals surface area (Å²) in [6, 6.07) is 0.588. The summed E-state index contributed by atoms with van der Waals surface area (Å²) in [4.78, 5) is 0. The van der Waals surface area contributed by atoms with Crippen molar-refractivity contribution in [1.82, 2.24) is 5.32 Å². The Labute approximate surface area is 93.6 Å². The second kappa shape index (κ2) is 5.30. The van der Waals surface area contributed by atoms with E-state index >= 15 is 0 Å². The molecule has 4 heteroatoms. The molecule has 1 atom stereocenters. The van der Waals surface area contributed by atoms with Crippen LogP contribution in [0.1, 0.15) is 33.1 Å². The van der Waals surface area contributed by atoms with Gasteiger partial charge in [-0.05, 0) is 37.6 Å². The molecular weight excluding hydrogens is 210 g/mol. The summed E-state index contributed by atoms with van der Waals surface area (Å²) in [5.74, 6) is 1.79. The molecular formula is C11H23NO2S. The van der Waals surface area contributed by atoms with E-state index in [4.69, 9.17) is 0 Å². The van der Waals surface area contributed by atoms with Crippen molar-refractivity contribution in [1.29, 1.82) is 0 Å². The molecule has 0 bridgehead atoms. The van der Waals surface area contributed by atoms with Crippen LogP contribution in [0.15, 0.2) is 0 Å². The van der Waals surface area contributed by atoms with E-state index in [1.165, 1.54) is 19.1 Å². The Bertz CT molecular complexity index is 279. The van der Waals surface area contributed by atoms with Gasteiger partial charge in [-0.2, -0.15) is 0 Å². The average molecular weight is 233 g/mol. The lowest BCUT2D eigenvalue weighted by atomic mass is 9.99. The van der Waals surface area contributed by atoms with Gasteiger partial charge in [0.05, 0.1) is 5.75 Å². The summed E-state index contributed by atoms with van der Waals surface area (Å²) in [6.07, 6.45) is 4.70. The summed E-state index contributed by atoms with van der Waals surface area (Å²) in [5.41, 5.74) is 0. The summed E-state index contributed by atoms with van der Waals surface area (Å²) in [7, 11) is -2.79. The maximum absolute atomic E-state index is 10.9. The van der Waals surface area contributed by atoms with Gasteiger partial charge in [-0.15, -0.1) is 0 Å². The molecule has 1 aliphatic rings. The maximum atomic E-state index is 10.9. The van der Waals surface area contributed by atoms with Crippen molar-refractivity contribution in [2.75, 3.05) is 18.6 Å². The minimum Gasteiger partial charge on any atom is -0.313 e. The summed E-state index contributed by atoms with van der Waals surface area (Å²) < 4.78 is 21.9. The minimum atomic E-state index is -2.79. The normalized spacial score (nSPS) is 19.5. The molecule has 0 radical (unpaired) electrons. The quantitative estimate of drug-likeness (QED) is 0.677. The zero-order valence-electron chi connectivity index (χ0n) is 9.99. The Balaban J connectivity index is 2.17. The van der Waals surface area contributed by atoms with Gasteiger partial charge in [0, 0.05) is 12.3 Å². The molecule has 0 amide bonds. The smallest absolute Gasteiger partial charge is 0.147 e. The zero-order valence-corrected chi connectivity index (χ0v) is 10.8. The molecule has 0 aromatic rings. The minimum absolute atomic E-state index is 0.301. The van der Waals surface area contributed by atoms with Gasteiger partial charge in [0.25, 0.3) is 0 Å². The van der Waals surface area contributed by atoms with Gasteiger partial charge in [-0.1, -0.05) is 13.8 Å². The molecule has 15 heavy (non-hydrogen) atoms. The number of sulfone groups is 1. The van der Waals surface area contributed by atoms with Gasteiger partial charge >= 0.3 is 0 Å². The summed E-state index contributed by atoms with van der Waals surface area (Å²) in [6.45, 7) is 5.28. The first-order chi connectivity index (χ1) is 6.90. The van der Waals surface area contributed by atoms with Gasteiger partial charge in [-0.25, -0.2) is 8.42 Å². The van der Waals surface area contributed by atoms with Crippen LogP contribution in [0.4, 0.5) is 0 Å². The second-order valence-corrected chi connectivity index (χ2v) is 7.30. The van der Waals surface area contributed by atoms with Gasteiger partial charge in [0.1, 0.15) is 9.84 Å². The van der Waals surface area contributed by atoms with E-state index in [1.54, 1.807) is 0 Å². The van der Waals surface area contributed by atoms with Crippen LogP contribution in [0.3, 0.4) is 0 Å². The Morgan fingerprint density at radius 2 is 1.93 bits per heavy atom. The lowest BCUT2D eigenvalue weighted by molar-refractivity contribution is 0.362. The van der Waals surface area contributed by atoms with Crippen molar-refractivity contribution < 1.29 is 8.42 Å². The average Bonchev–Trinajstić information content (AvgIpc) is 2.84. The molecule has 1 rings (SSSR count). The third-order valence-corrected chi connectivity index (χ3v) is 3.95. The number of hydrogen-bond donors (Lipinski definition) is 1. The van der Waals surface area contributed by atoms with Gasteiger partial charge in [0.2, 0.25) is 0 Å². The highest BCUT2D eigenvalue weighted by atomic mass is 32.2. The Morgan fingerprint density at radius 1 is 1.33 bits per heavy atom. The van der Waals surface area contributed by atoms with Crippen LogP contribution in [0.5, 0.6) is 0 Å². The van der Waals surface area contributed by atoms with Crippen LogP contribution in [0, 0.1) is 11.8 Å². The molecule has 1 fully saturated rings. The Hall–Kier alpha value is -0.0900. The predicted octanol–water partition coefficient (Wildman–Crippen LogP) is 1.45. The fourth-order valence-electron chi connectivity index (χ4n) is 2.01. The van der Waals surface area contributed by atoms with Gasteiger partial charge < -0.3 is 5.32 Å². The van der Waals surface area contributed by atoms with E-state index in [0.717, 1.165) is 18.9 Å². The molecule has 0 saturated heterocycles. The molecule has 0 heterocycles. The molecule has 1 N–H and O–H groups in total. The first-order valence-corrected chi connectivity index (χ1v) is 7.87. The molecule has 3 nitrogen and oxygen atoms in total. The monoisotopic (exact) mass is 233 g/mol. The molecule has 0 aromatic heterocycles. The highest BCUT2D eigenvalue weighted by molar-refractivity contribution is 7.90. The highest BCUT2D eigenvalue weighted by Crippen LogP contribution is 2.35. The van der Waals surface area contributed by atoms with Gasteiger partial charge in [0.15, 0.2) is 0 Å². The van der Waals surface area contributed by atoms with Crippen LogP contribution >= 0.6 is 0 Å². The first kappa shape index (κ1) is 13.0. The molecule has 0 aliphatic heterocycles. The molecule has 0 spiro atoms. The molecule has 1 unspecified atom stereocenters. The van der Waals surface area contributed by atoms with E-state index in [-0.39, 0.29) is 0 Å². The topological polar surface area (TPSA) is 46.2 Å². The van der Waals surface area contributed by atoms with Crippen molar-refractivity contribution in [2.24, 2.45) is 11.8 Å². The lowest BCUT2D eigenvalue weighted by Crippen LogP contribution is -2.36. The highest BCUT2D eigenvalue weighted by Gasteiger charge is 2.32. The van der Waals surface area contributed by atoms with Crippen molar-refractivity contribution in [3.05, 3.63) is 0 Å². The molecule has 1 saturated carbocycles. The van der Waals surface area contributed by atoms with Gasteiger partial charge in [-0.3, -0.25) is 0 Å². The SMILES string of the molecule is CC(C)C(NCCCS(C)(=O)=O)C1CC1. The van der Waals surface area contributed by atoms with Crippen molar-refractivity contribution in [3.63, 3.8) is 0 Å². The Kier molecular flexibility index (Phi) is 4.59. The summed E-state index contributed by atoms with van der Waals surface area (Å²) >= 11 is 0. The number of hydrogen-bond acceptors (Lipinski definition) is 3. The fraction of sp³-hybridized carbons (Fsp3) is 1.00. The third-order valence-electron chi connectivity index (χ3n) is 2.92. The predicted molar refractivity (Wildman–Crippen MR) is 63.7 cm³/mol. The second-order valence-electron chi connectivity index (χ2n) is 5.04. The largest absolute Gasteiger partial charge is 0.313 e. The standard InChI is InChI=1S/C11H23NO2S/c1-9(2)11(10-5-6-10)12-7-4-8-15(3,13)14/h9-12H,4-8H2,1-3H3. The van der Waals surface area contributed by atoms with E-state index < -0.39 is 9.84 Å². The van der Waals surface area contributed by atoms with E-state index in [1.807, 2.05) is 0 Å². The number of nitrogens with one attached hydrogen (secondary N) is 1. The molecule has 0 aromatic carbocycles. The zero-order chi connectivity index (χ0) is 11.5. The van der Waals surface area contributed by atoms with Crippen LogP contribution in [-0.2, 0) is 9.84 Å². The Morgan fingerprint density at radius 3 is 2.33 bits per heavy atom. The van der Waals surface area contributed by atoms with E-state index in [9.17, 15) is 8.42 Å². The van der Waals surface area contributed by atoms with Crippen LogP contribution < -0.4 is 5.32 Å². The first-order valence-electron chi connectivity index (χ1n) is 5.81. The van der Waals surface area contributed by atoms with Crippen molar-refractivity contribution in [3.8, 4) is 0 Å². The lowest BCUT2D eigenvalue weighted by Gasteiger charge is -2.21. The third kappa shape index (κ3) is 5.52.